The molecule has 0 atom stereocenters. The molecule has 0 aliphatic heterocycles. The third kappa shape index (κ3) is 4.73. The predicted molar refractivity (Wildman–Crippen MR) is 74.0 cm³/mol. The highest BCUT2D eigenvalue weighted by Crippen LogP contribution is 2.45. The number of hydrogen-bond donors (Lipinski definition) is 2. The molecule has 0 heterocycles. The fourth-order valence-corrected chi connectivity index (χ4v) is 2.10. The lowest BCUT2D eigenvalue weighted by atomic mass is 10.1. The van der Waals surface area contributed by atoms with Gasteiger partial charge in [0.15, 0.2) is 0 Å². The van der Waals surface area contributed by atoms with E-state index in [2.05, 4.69) is 33.0 Å². The summed E-state index contributed by atoms with van der Waals surface area (Å²) in [5.74, 6) is 0.00443. The molecular formula is C14H26N2O3. The fourth-order valence-electron chi connectivity index (χ4n) is 2.10. The van der Waals surface area contributed by atoms with E-state index >= 15 is 0 Å². The lowest BCUT2D eigenvalue weighted by Gasteiger charge is -2.27. The van der Waals surface area contributed by atoms with Crippen LogP contribution in [0.5, 0.6) is 0 Å². The molecule has 1 fully saturated rings. The van der Waals surface area contributed by atoms with E-state index in [-0.39, 0.29) is 12.6 Å². The largest absolute Gasteiger partial charge is 0.481 e. The van der Waals surface area contributed by atoms with Crippen LogP contribution >= 0.6 is 0 Å². The number of nitrogens with zero attached hydrogens (tertiary/aromatic N) is 1. The molecule has 2 N–H and O–H groups in total. The van der Waals surface area contributed by atoms with Crippen molar-refractivity contribution in [1.29, 1.82) is 0 Å². The van der Waals surface area contributed by atoms with Gasteiger partial charge >= 0.3 is 12.0 Å². The van der Waals surface area contributed by atoms with E-state index in [4.69, 9.17) is 5.11 Å². The van der Waals surface area contributed by atoms with Crippen LogP contribution in [0.15, 0.2) is 0 Å². The van der Waals surface area contributed by atoms with Crippen molar-refractivity contribution < 1.29 is 14.7 Å². The first-order chi connectivity index (χ1) is 8.77. The Labute approximate surface area is 115 Å². The SMILES string of the molecule is CC(C)CN(CC(C)C)C(=O)NCC1(C(=O)O)CC1. The Bertz CT molecular complexity index is 326. The van der Waals surface area contributed by atoms with Gasteiger partial charge in [0.25, 0.3) is 0 Å². The molecule has 19 heavy (non-hydrogen) atoms. The highest BCUT2D eigenvalue weighted by molar-refractivity contribution is 5.80. The summed E-state index contributed by atoms with van der Waals surface area (Å²) in [7, 11) is 0. The van der Waals surface area contributed by atoms with E-state index in [1.54, 1.807) is 4.90 Å². The van der Waals surface area contributed by atoms with Crippen LogP contribution < -0.4 is 5.32 Å². The number of carbonyl (C=O) groups excluding carboxylic acids is 1. The number of aliphatic carboxylic acids is 1. The third-order valence-corrected chi connectivity index (χ3v) is 3.34. The Hall–Kier alpha value is -1.26. The molecule has 1 aliphatic rings. The molecule has 5 heteroatoms. The van der Waals surface area contributed by atoms with Crippen molar-refractivity contribution in [2.24, 2.45) is 17.3 Å². The van der Waals surface area contributed by atoms with E-state index in [1.807, 2.05) is 0 Å². The molecule has 0 saturated heterocycles. The summed E-state index contributed by atoms with van der Waals surface area (Å²) < 4.78 is 0. The maximum atomic E-state index is 12.1. The van der Waals surface area contributed by atoms with Crippen LogP contribution in [0.2, 0.25) is 0 Å². The van der Waals surface area contributed by atoms with Crippen LogP contribution in [0, 0.1) is 17.3 Å². The molecule has 0 spiro atoms. The van der Waals surface area contributed by atoms with Gasteiger partial charge in [-0.3, -0.25) is 4.79 Å². The van der Waals surface area contributed by atoms with Gasteiger partial charge in [-0.25, -0.2) is 4.79 Å². The van der Waals surface area contributed by atoms with Crippen LogP contribution in [-0.2, 0) is 4.79 Å². The van der Waals surface area contributed by atoms with Crippen molar-refractivity contribution in [3.05, 3.63) is 0 Å². The fraction of sp³-hybridized carbons (Fsp3) is 0.857. The lowest BCUT2D eigenvalue weighted by molar-refractivity contribution is -0.143. The van der Waals surface area contributed by atoms with E-state index in [1.165, 1.54) is 0 Å². The average molecular weight is 270 g/mol. The summed E-state index contributed by atoms with van der Waals surface area (Å²) in [4.78, 5) is 25.0. The molecule has 2 amide bonds. The summed E-state index contributed by atoms with van der Waals surface area (Å²) in [6.45, 7) is 9.92. The molecular weight excluding hydrogens is 244 g/mol. The number of carboxylic acids is 1. The maximum Gasteiger partial charge on any atom is 0.317 e. The number of rotatable bonds is 7. The second-order valence-corrected chi connectivity index (χ2v) is 6.44. The van der Waals surface area contributed by atoms with E-state index < -0.39 is 11.4 Å². The Morgan fingerprint density at radius 3 is 1.95 bits per heavy atom. The Morgan fingerprint density at radius 1 is 1.16 bits per heavy atom. The number of carboxylic acid groups (broad SMARTS) is 1. The maximum absolute atomic E-state index is 12.1. The molecule has 0 bridgehead atoms. The van der Waals surface area contributed by atoms with Crippen LogP contribution in [0.3, 0.4) is 0 Å². The van der Waals surface area contributed by atoms with Crippen LogP contribution in [0.25, 0.3) is 0 Å². The summed E-state index contributed by atoms with van der Waals surface area (Å²) in [5, 5.41) is 11.9. The van der Waals surface area contributed by atoms with E-state index in [0.717, 1.165) is 0 Å². The molecule has 1 saturated carbocycles. The first-order valence-electron chi connectivity index (χ1n) is 7.03. The first-order valence-corrected chi connectivity index (χ1v) is 7.03. The normalized spacial score (nSPS) is 16.5. The minimum Gasteiger partial charge on any atom is -0.481 e. The molecule has 0 radical (unpaired) electrons. The van der Waals surface area contributed by atoms with Gasteiger partial charge in [0.05, 0.1) is 5.41 Å². The van der Waals surface area contributed by atoms with Gasteiger partial charge in [0.2, 0.25) is 0 Å². The average Bonchev–Trinajstić information content (AvgIpc) is 3.04. The molecule has 0 unspecified atom stereocenters. The first kappa shape index (κ1) is 15.8. The van der Waals surface area contributed by atoms with Crippen molar-refractivity contribution in [3.8, 4) is 0 Å². The van der Waals surface area contributed by atoms with Crippen LogP contribution in [0.1, 0.15) is 40.5 Å². The summed E-state index contributed by atoms with van der Waals surface area (Å²) in [5.41, 5.74) is -0.697. The van der Waals surface area contributed by atoms with Crippen molar-refractivity contribution >= 4 is 12.0 Å². The highest BCUT2D eigenvalue weighted by atomic mass is 16.4. The molecule has 5 nitrogen and oxygen atoms in total. The molecule has 0 aromatic heterocycles. The van der Waals surface area contributed by atoms with Gasteiger partial charge < -0.3 is 15.3 Å². The van der Waals surface area contributed by atoms with Crippen LogP contribution in [0.4, 0.5) is 4.79 Å². The molecule has 110 valence electrons. The number of urea groups is 1. The second-order valence-electron chi connectivity index (χ2n) is 6.44. The highest BCUT2D eigenvalue weighted by Gasteiger charge is 2.50. The molecule has 1 aliphatic carbocycles. The monoisotopic (exact) mass is 270 g/mol. The van der Waals surface area contributed by atoms with Gasteiger partial charge in [-0.1, -0.05) is 27.7 Å². The van der Waals surface area contributed by atoms with Crippen LogP contribution in [-0.4, -0.2) is 41.6 Å². The summed E-state index contributed by atoms with van der Waals surface area (Å²) in [6, 6.07) is -0.144. The van der Waals surface area contributed by atoms with Crippen molar-refractivity contribution in [3.63, 3.8) is 0 Å². The number of amides is 2. The molecule has 1 rings (SSSR count). The molecule has 0 aromatic rings. The number of nitrogens with one attached hydrogen (secondary N) is 1. The number of carbonyl (C=O) groups is 2. The van der Waals surface area contributed by atoms with E-state index in [0.29, 0.717) is 37.8 Å². The quantitative estimate of drug-likeness (QED) is 0.745. The van der Waals surface area contributed by atoms with Crippen molar-refractivity contribution in [2.45, 2.75) is 40.5 Å². The van der Waals surface area contributed by atoms with Gasteiger partial charge in [0.1, 0.15) is 0 Å². The van der Waals surface area contributed by atoms with Gasteiger partial charge in [-0.2, -0.15) is 0 Å². The topological polar surface area (TPSA) is 69.6 Å². The van der Waals surface area contributed by atoms with Gasteiger partial charge in [0, 0.05) is 19.6 Å². The van der Waals surface area contributed by atoms with E-state index in [9.17, 15) is 9.59 Å². The Balaban J connectivity index is 2.49. The minimum absolute atomic E-state index is 0.144. The molecule has 0 aromatic carbocycles. The Morgan fingerprint density at radius 2 is 1.63 bits per heavy atom. The smallest absolute Gasteiger partial charge is 0.317 e. The standard InChI is InChI=1S/C14H26N2O3/c1-10(2)7-16(8-11(3)4)13(19)15-9-14(5-6-14)12(17)18/h10-11H,5-9H2,1-4H3,(H,15,19)(H,17,18). The lowest BCUT2D eigenvalue weighted by Crippen LogP contribution is -2.46. The second kappa shape index (κ2) is 6.26. The summed E-state index contributed by atoms with van der Waals surface area (Å²) in [6.07, 6.45) is 1.33. The predicted octanol–water partition coefficient (Wildman–Crippen LogP) is 2.17. The van der Waals surface area contributed by atoms with Gasteiger partial charge in [-0.05, 0) is 24.7 Å². The zero-order chi connectivity index (χ0) is 14.6. The van der Waals surface area contributed by atoms with Crippen molar-refractivity contribution in [2.75, 3.05) is 19.6 Å². The third-order valence-electron chi connectivity index (χ3n) is 3.34. The zero-order valence-corrected chi connectivity index (χ0v) is 12.4. The van der Waals surface area contributed by atoms with Crippen molar-refractivity contribution in [1.82, 2.24) is 10.2 Å². The zero-order valence-electron chi connectivity index (χ0n) is 12.4. The van der Waals surface area contributed by atoms with Gasteiger partial charge in [-0.15, -0.1) is 0 Å². The minimum atomic E-state index is -0.799. The summed E-state index contributed by atoms with van der Waals surface area (Å²) >= 11 is 0. The Kier molecular flexibility index (Phi) is 5.20. The number of hydrogen-bond acceptors (Lipinski definition) is 2.